The van der Waals surface area contributed by atoms with Gasteiger partial charge in [0.25, 0.3) is 5.82 Å². The molecule has 2 aromatic carbocycles. The zero-order valence-corrected chi connectivity index (χ0v) is 19.5. The van der Waals surface area contributed by atoms with E-state index in [1.54, 1.807) is 0 Å². The van der Waals surface area contributed by atoms with Crippen molar-refractivity contribution in [3.8, 4) is 0 Å². The summed E-state index contributed by atoms with van der Waals surface area (Å²) in [6.07, 6.45) is 11.4. The standard InChI is InChI=1S/C26H35N2O2.ClH/c1-3-4-5-6-7-14-21-30-22-28-20-19-27(2)25(28)26(29,23-15-10-8-11-16-23)24-17-12-9-13-18-24;/h8-13,15-20,29H,3-7,14,21-22H2,1-2H3;1H/q+1;/p-1. The molecule has 0 radical (unpaired) electrons. The van der Waals surface area contributed by atoms with Crippen molar-refractivity contribution >= 4 is 0 Å². The quantitative estimate of drug-likeness (QED) is 0.344. The molecule has 4 nitrogen and oxygen atoms in total. The van der Waals surface area contributed by atoms with Gasteiger partial charge in [-0.1, -0.05) is 99.7 Å². The van der Waals surface area contributed by atoms with E-state index in [1.165, 1.54) is 32.1 Å². The molecular formula is C26H35ClN2O2. The summed E-state index contributed by atoms with van der Waals surface area (Å²) in [6, 6.07) is 19.7. The molecule has 1 heterocycles. The van der Waals surface area contributed by atoms with Crippen LogP contribution in [-0.4, -0.2) is 16.3 Å². The highest BCUT2D eigenvalue weighted by atomic mass is 35.5. The van der Waals surface area contributed by atoms with Crippen LogP contribution in [0.15, 0.2) is 73.1 Å². The van der Waals surface area contributed by atoms with E-state index in [0.29, 0.717) is 6.73 Å². The van der Waals surface area contributed by atoms with Crippen LogP contribution in [0.1, 0.15) is 62.4 Å². The number of rotatable bonds is 12. The van der Waals surface area contributed by atoms with E-state index < -0.39 is 5.60 Å². The van der Waals surface area contributed by atoms with Gasteiger partial charge in [0.05, 0.1) is 13.7 Å². The number of aliphatic hydroxyl groups is 1. The number of hydrogen-bond acceptors (Lipinski definition) is 2. The topological polar surface area (TPSA) is 38.3 Å². The van der Waals surface area contributed by atoms with Crippen molar-refractivity contribution in [2.75, 3.05) is 6.61 Å². The Balaban J connectivity index is 0.00000341. The fourth-order valence-corrected chi connectivity index (χ4v) is 4.02. The van der Waals surface area contributed by atoms with Gasteiger partial charge in [0.2, 0.25) is 5.60 Å². The van der Waals surface area contributed by atoms with Gasteiger partial charge in [-0.2, -0.15) is 0 Å². The van der Waals surface area contributed by atoms with Gasteiger partial charge in [0, 0.05) is 11.1 Å². The van der Waals surface area contributed by atoms with Crippen molar-refractivity contribution < 1.29 is 26.8 Å². The van der Waals surface area contributed by atoms with Gasteiger partial charge in [0.15, 0.2) is 6.73 Å². The Morgan fingerprint density at radius 1 is 0.871 bits per heavy atom. The van der Waals surface area contributed by atoms with E-state index in [1.807, 2.05) is 89.2 Å². The highest BCUT2D eigenvalue weighted by Crippen LogP contribution is 2.34. The van der Waals surface area contributed by atoms with Crippen LogP contribution >= 0.6 is 0 Å². The van der Waals surface area contributed by atoms with Gasteiger partial charge >= 0.3 is 0 Å². The van der Waals surface area contributed by atoms with Crippen molar-refractivity contribution in [3.63, 3.8) is 0 Å². The number of imidazole rings is 1. The van der Waals surface area contributed by atoms with E-state index in [2.05, 4.69) is 6.92 Å². The first-order valence-electron chi connectivity index (χ1n) is 11.1. The molecule has 0 aliphatic heterocycles. The first-order chi connectivity index (χ1) is 14.7. The van der Waals surface area contributed by atoms with Crippen LogP contribution in [-0.2, 0) is 24.1 Å². The third-order valence-corrected chi connectivity index (χ3v) is 5.66. The third-order valence-electron chi connectivity index (χ3n) is 5.66. The average Bonchev–Trinajstić information content (AvgIpc) is 3.17. The zero-order chi connectivity index (χ0) is 21.2. The molecule has 0 fully saturated rings. The lowest BCUT2D eigenvalue weighted by atomic mass is 9.85. The smallest absolute Gasteiger partial charge is 0.300 e. The third kappa shape index (κ3) is 6.19. The molecular weight excluding hydrogens is 408 g/mol. The fourth-order valence-electron chi connectivity index (χ4n) is 4.02. The van der Waals surface area contributed by atoms with Crippen molar-refractivity contribution in [2.45, 2.75) is 57.8 Å². The van der Waals surface area contributed by atoms with Gasteiger partial charge in [0.1, 0.15) is 12.4 Å². The normalized spacial score (nSPS) is 11.3. The van der Waals surface area contributed by atoms with Crippen molar-refractivity contribution in [2.24, 2.45) is 7.05 Å². The number of hydrogen-bond donors (Lipinski definition) is 1. The van der Waals surface area contributed by atoms with Crippen LogP contribution in [0, 0.1) is 0 Å². The molecule has 1 N–H and O–H groups in total. The van der Waals surface area contributed by atoms with Crippen LogP contribution in [0.3, 0.4) is 0 Å². The molecule has 0 unspecified atom stereocenters. The number of benzene rings is 2. The number of unbranched alkanes of at least 4 members (excludes halogenated alkanes) is 5. The second-order valence-corrected chi connectivity index (χ2v) is 7.95. The maximum atomic E-state index is 12.1. The predicted octanol–water partition coefficient (Wildman–Crippen LogP) is 1.94. The average molecular weight is 443 g/mol. The molecule has 0 aliphatic rings. The Hall–Kier alpha value is -2.14. The van der Waals surface area contributed by atoms with Gasteiger partial charge < -0.3 is 22.3 Å². The number of halogens is 1. The molecule has 0 amide bonds. The summed E-state index contributed by atoms with van der Waals surface area (Å²) in [6.45, 7) is 3.40. The van der Waals surface area contributed by atoms with E-state index in [9.17, 15) is 5.11 Å². The minimum Gasteiger partial charge on any atom is -1.00 e. The number of aromatic nitrogens is 2. The highest BCUT2D eigenvalue weighted by Gasteiger charge is 2.44. The molecule has 0 saturated carbocycles. The van der Waals surface area contributed by atoms with Crippen LogP contribution in [0.4, 0.5) is 0 Å². The van der Waals surface area contributed by atoms with Crippen LogP contribution < -0.4 is 17.0 Å². The summed E-state index contributed by atoms with van der Waals surface area (Å²) < 4.78 is 9.98. The predicted molar refractivity (Wildman–Crippen MR) is 120 cm³/mol. The van der Waals surface area contributed by atoms with Gasteiger partial charge in [-0.15, -0.1) is 0 Å². The molecule has 5 heteroatoms. The SMILES string of the molecule is CCCCCCCCOCn1cc[n+](C)c1C(O)(c1ccccc1)c1ccccc1.[Cl-]. The molecule has 0 spiro atoms. The highest BCUT2D eigenvalue weighted by molar-refractivity contribution is 5.41. The van der Waals surface area contributed by atoms with Gasteiger partial charge in [-0.25, -0.2) is 9.13 Å². The molecule has 3 rings (SSSR count). The number of nitrogens with zero attached hydrogens (tertiary/aromatic N) is 2. The van der Waals surface area contributed by atoms with E-state index >= 15 is 0 Å². The maximum absolute atomic E-state index is 12.1. The van der Waals surface area contributed by atoms with Gasteiger partial charge in [-0.05, 0) is 6.42 Å². The molecule has 1 aromatic heterocycles. The van der Waals surface area contributed by atoms with E-state index in [-0.39, 0.29) is 12.4 Å². The summed E-state index contributed by atoms with van der Waals surface area (Å²) in [5.41, 5.74) is 0.398. The van der Waals surface area contributed by atoms with Crippen LogP contribution in [0.25, 0.3) is 0 Å². The van der Waals surface area contributed by atoms with Crippen LogP contribution in [0.5, 0.6) is 0 Å². The lowest BCUT2D eigenvalue weighted by molar-refractivity contribution is -0.684. The first kappa shape index (κ1) is 25.1. The maximum Gasteiger partial charge on any atom is 0.300 e. The van der Waals surface area contributed by atoms with E-state index in [0.717, 1.165) is 30.0 Å². The Morgan fingerprint density at radius 3 is 2.00 bits per heavy atom. The lowest BCUT2D eigenvalue weighted by Crippen LogP contribution is -3.00. The molecule has 168 valence electrons. The largest absolute Gasteiger partial charge is 1.00 e. The summed E-state index contributed by atoms with van der Waals surface area (Å²) >= 11 is 0. The summed E-state index contributed by atoms with van der Waals surface area (Å²) in [5, 5.41) is 12.1. The minimum absolute atomic E-state index is 0. The molecule has 0 bridgehead atoms. The Morgan fingerprint density at radius 2 is 1.42 bits per heavy atom. The summed E-state index contributed by atoms with van der Waals surface area (Å²) in [7, 11) is 1.97. The molecule has 31 heavy (non-hydrogen) atoms. The molecule has 3 aromatic rings. The first-order valence-corrected chi connectivity index (χ1v) is 11.1. The Labute approximate surface area is 192 Å². The number of ether oxygens (including phenoxy) is 1. The monoisotopic (exact) mass is 442 g/mol. The molecule has 0 atom stereocenters. The Bertz CT molecular complexity index is 841. The Kier molecular flexibility index (Phi) is 10.3. The zero-order valence-electron chi connectivity index (χ0n) is 18.7. The number of aryl methyl sites for hydroxylation is 1. The minimum atomic E-state index is -1.27. The van der Waals surface area contributed by atoms with Crippen molar-refractivity contribution in [3.05, 3.63) is 90.0 Å². The molecule has 0 aliphatic carbocycles. The second kappa shape index (κ2) is 12.7. The lowest BCUT2D eigenvalue weighted by Gasteiger charge is -2.26. The van der Waals surface area contributed by atoms with Crippen LogP contribution in [0.2, 0.25) is 0 Å². The van der Waals surface area contributed by atoms with Gasteiger partial charge in [-0.3, -0.25) is 0 Å². The van der Waals surface area contributed by atoms with E-state index in [4.69, 9.17) is 4.74 Å². The van der Waals surface area contributed by atoms with Crippen molar-refractivity contribution in [1.82, 2.24) is 4.57 Å². The molecule has 0 saturated heterocycles. The van der Waals surface area contributed by atoms with Crippen molar-refractivity contribution in [1.29, 1.82) is 0 Å². The summed E-state index contributed by atoms with van der Waals surface area (Å²) in [5.74, 6) is 0.780. The second-order valence-electron chi connectivity index (χ2n) is 7.95. The fraction of sp³-hybridized carbons (Fsp3) is 0.423. The summed E-state index contributed by atoms with van der Waals surface area (Å²) in [4.78, 5) is 0.